The summed E-state index contributed by atoms with van der Waals surface area (Å²) in [7, 11) is -3.84. The summed E-state index contributed by atoms with van der Waals surface area (Å²) in [5.41, 5.74) is 0.841. The molecule has 9 heteroatoms. The Morgan fingerprint density at radius 3 is 2.62 bits per heavy atom. The number of amides is 1. The number of carbonyl (C=O) groups is 1. The van der Waals surface area contributed by atoms with Crippen LogP contribution in [0.5, 0.6) is 0 Å². The molecule has 26 heavy (non-hydrogen) atoms. The summed E-state index contributed by atoms with van der Waals surface area (Å²) in [6.45, 7) is 1.59. The Kier molecular flexibility index (Phi) is 5.17. The van der Waals surface area contributed by atoms with Crippen LogP contribution < -0.4 is 9.62 Å². The SMILES string of the molecule is Cc1cc(S(=O)(=O)NCC2CN(c3ccc(Cl)cc3)C(=O)O2)ccc1F. The number of rotatable bonds is 5. The molecule has 1 unspecified atom stereocenters. The first kappa shape index (κ1) is 18.6. The molecule has 0 aliphatic carbocycles. The maximum absolute atomic E-state index is 13.3. The number of carbonyl (C=O) groups excluding carboxylic acids is 1. The van der Waals surface area contributed by atoms with Crippen LogP contribution >= 0.6 is 11.6 Å². The molecule has 0 saturated carbocycles. The number of hydrogen-bond acceptors (Lipinski definition) is 4. The molecular weight excluding hydrogens is 383 g/mol. The van der Waals surface area contributed by atoms with E-state index in [1.807, 2.05) is 0 Å². The average Bonchev–Trinajstić information content (AvgIpc) is 2.97. The summed E-state index contributed by atoms with van der Waals surface area (Å²) in [6, 6.07) is 10.2. The Labute approximate surface area is 155 Å². The second kappa shape index (κ2) is 7.22. The molecule has 138 valence electrons. The molecule has 1 aliphatic rings. The van der Waals surface area contributed by atoms with Crippen LogP contribution in [0.3, 0.4) is 0 Å². The van der Waals surface area contributed by atoms with Gasteiger partial charge in [-0.15, -0.1) is 0 Å². The number of halogens is 2. The number of benzene rings is 2. The number of nitrogens with one attached hydrogen (secondary N) is 1. The summed E-state index contributed by atoms with van der Waals surface area (Å²) >= 11 is 5.83. The highest BCUT2D eigenvalue weighted by Crippen LogP contribution is 2.23. The molecule has 1 fully saturated rings. The molecule has 3 rings (SSSR count). The molecule has 1 N–H and O–H groups in total. The van der Waals surface area contributed by atoms with Crippen LogP contribution in [0.2, 0.25) is 5.02 Å². The maximum atomic E-state index is 13.3. The van der Waals surface area contributed by atoms with Crippen molar-refractivity contribution >= 4 is 33.4 Å². The smallest absolute Gasteiger partial charge is 0.414 e. The van der Waals surface area contributed by atoms with Gasteiger partial charge < -0.3 is 4.74 Å². The van der Waals surface area contributed by atoms with E-state index in [2.05, 4.69) is 4.72 Å². The van der Waals surface area contributed by atoms with Gasteiger partial charge in [-0.25, -0.2) is 22.3 Å². The highest BCUT2D eigenvalue weighted by atomic mass is 35.5. The lowest BCUT2D eigenvalue weighted by Crippen LogP contribution is -2.34. The minimum absolute atomic E-state index is 0.0460. The Morgan fingerprint density at radius 2 is 1.96 bits per heavy atom. The van der Waals surface area contributed by atoms with Gasteiger partial charge >= 0.3 is 6.09 Å². The fourth-order valence-corrected chi connectivity index (χ4v) is 3.81. The number of cyclic esters (lactones) is 1. The lowest BCUT2D eigenvalue weighted by Gasteiger charge is -2.13. The summed E-state index contributed by atoms with van der Waals surface area (Å²) in [5.74, 6) is -0.479. The molecule has 1 amide bonds. The predicted octanol–water partition coefficient (Wildman–Crippen LogP) is 3.09. The second-order valence-electron chi connectivity index (χ2n) is 5.86. The van der Waals surface area contributed by atoms with E-state index in [9.17, 15) is 17.6 Å². The van der Waals surface area contributed by atoms with Crippen molar-refractivity contribution in [3.63, 3.8) is 0 Å². The van der Waals surface area contributed by atoms with Crippen LogP contribution in [0.15, 0.2) is 47.4 Å². The van der Waals surface area contributed by atoms with Crippen LogP contribution in [0.25, 0.3) is 0 Å². The fourth-order valence-electron chi connectivity index (χ4n) is 2.53. The molecule has 0 aromatic heterocycles. The quantitative estimate of drug-likeness (QED) is 0.839. The molecule has 6 nitrogen and oxygen atoms in total. The van der Waals surface area contributed by atoms with E-state index >= 15 is 0 Å². The Balaban J connectivity index is 1.65. The van der Waals surface area contributed by atoms with Gasteiger partial charge in [0.2, 0.25) is 10.0 Å². The van der Waals surface area contributed by atoms with Crippen LogP contribution in [-0.4, -0.2) is 33.7 Å². The zero-order chi connectivity index (χ0) is 18.9. The van der Waals surface area contributed by atoms with Gasteiger partial charge in [0.1, 0.15) is 11.9 Å². The molecule has 1 atom stereocenters. The third-order valence-electron chi connectivity index (χ3n) is 3.95. The van der Waals surface area contributed by atoms with Crippen molar-refractivity contribution in [1.82, 2.24) is 4.72 Å². The van der Waals surface area contributed by atoms with Crippen molar-refractivity contribution in [2.75, 3.05) is 18.0 Å². The van der Waals surface area contributed by atoms with Gasteiger partial charge in [0, 0.05) is 17.3 Å². The number of hydrogen-bond donors (Lipinski definition) is 1. The first-order chi connectivity index (χ1) is 12.3. The number of aryl methyl sites for hydroxylation is 1. The van der Waals surface area contributed by atoms with Crippen molar-refractivity contribution in [3.05, 3.63) is 58.9 Å². The van der Waals surface area contributed by atoms with Crippen LogP contribution in [0, 0.1) is 12.7 Å². The monoisotopic (exact) mass is 398 g/mol. The van der Waals surface area contributed by atoms with E-state index in [-0.39, 0.29) is 23.5 Å². The van der Waals surface area contributed by atoms with Gasteiger partial charge in [0.15, 0.2) is 0 Å². The molecule has 1 aliphatic heterocycles. The first-order valence-electron chi connectivity index (χ1n) is 7.76. The Hall–Kier alpha value is -2.16. The topological polar surface area (TPSA) is 75.7 Å². The third-order valence-corrected chi connectivity index (χ3v) is 5.63. The van der Waals surface area contributed by atoms with Gasteiger partial charge in [-0.3, -0.25) is 4.90 Å². The average molecular weight is 399 g/mol. The van der Waals surface area contributed by atoms with E-state index in [0.717, 1.165) is 6.07 Å². The molecule has 1 saturated heterocycles. The van der Waals surface area contributed by atoms with E-state index in [1.54, 1.807) is 24.3 Å². The molecule has 0 spiro atoms. The third kappa shape index (κ3) is 3.98. The lowest BCUT2D eigenvalue weighted by molar-refractivity contribution is 0.143. The number of ether oxygens (including phenoxy) is 1. The summed E-state index contributed by atoms with van der Waals surface area (Å²) < 4.78 is 45.5. The first-order valence-corrected chi connectivity index (χ1v) is 9.62. The normalized spacial score (nSPS) is 17.4. The standard InChI is InChI=1S/C17H16ClFN2O4S/c1-11-8-15(6-7-16(11)19)26(23,24)20-9-14-10-21(17(22)25-14)13-4-2-12(18)3-5-13/h2-8,14,20H,9-10H2,1H3. The molecular formula is C17H16ClFN2O4S. The number of nitrogens with zero attached hydrogens (tertiary/aromatic N) is 1. The van der Waals surface area contributed by atoms with Crippen molar-refractivity contribution in [2.24, 2.45) is 0 Å². The van der Waals surface area contributed by atoms with E-state index in [1.165, 1.54) is 24.0 Å². The Bertz CT molecular complexity index is 934. The van der Waals surface area contributed by atoms with Crippen LogP contribution in [-0.2, 0) is 14.8 Å². The summed E-state index contributed by atoms with van der Waals surface area (Å²) in [5, 5.41) is 0.542. The molecule has 2 aromatic carbocycles. The summed E-state index contributed by atoms with van der Waals surface area (Å²) in [4.78, 5) is 13.4. The zero-order valence-electron chi connectivity index (χ0n) is 13.8. The molecule has 0 radical (unpaired) electrons. The van der Waals surface area contributed by atoms with Gasteiger partial charge in [0.05, 0.1) is 11.4 Å². The maximum Gasteiger partial charge on any atom is 0.414 e. The lowest BCUT2D eigenvalue weighted by atomic mass is 10.2. The summed E-state index contributed by atoms with van der Waals surface area (Å²) in [6.07, 6.45) is -1.20. The minimum Gasteiger partial charge on any atom is -0.443 e. The number of sulfonamides is 1. The van der Waals surface area contributed by atoms with Gasteiger partial charge in [-0.1, -0.05) is 11.6 Å². The Morgan fingerprint density at radius 1 is 1.27 bits per heavy atom. The minimum atomic E-state index is -3.84. The van der Waals surface area contributed by atoms with Crippen LogP contribution in [0.1, 0.15) is 5.56 Å². The van der Waals surface area contributed by atoms with Crippen molar-refractivity contribution in [3.8, 4) is 0 Å². The van der Waals surface area contributed by atoms with Crippen molar-refractivity contribution in [2.45, 2.75) is 17.9 Å². The van der Waals surface area contributed by atoms with Gasteiger partial charge in [0.25, 0.3) is 0 Å². The second-order valence-corrected chi connectivity index (χ2v) is 8.06. The van der Waals surface area contributed by atoms with Gasteiger partial charge in [-0.05, 0) is 55.0 Å². The molecule has 1 heterocycles. The molecule has 0 bridgehead atoms. The highest BCUT2D eigenvalue weighted by molar-refractivity contribution is 7.89. The van der Waals surface area contributed by atoms with E-state index < -0.39 is 28.0 Å². The van der Waals surface area contributed by atoms with E-state index in [4.69, 9.17) is 16.3 Å². The largest absolute Gasteiger partial charge is 0.443 e. The number of anilines is 1. The van der Waals surface area contributed by atoms with Crippen molar-refractivity contribution in [1.29, 1.82) is 0 Å². The van der Waals surface area contributed by atoms with Crippen LogP contribution in [0.4, 0.5) is 14.9 Å². The molecule has 2 aromatic rings. The zero-order valence-corrected chi connectivity index (χ0v) is 15.3. The van der Waals surface area contributed by atoms with E-state index in [0.29, 0.717) is 10.7 Å². The van der Waals surface area contributed by atoms with Gasteiger partial charge in [-0.2, -0.15) is 0 Å². The highest BCUT2D eigenvalue weighted by Gasteiger charge is 2.33. The fraction of sp³-hybridized carbons (Fsp3) is 0.235. The van der Waals surface area contributed by atoms with Crippen molar-refractivity contribution < 1.29 is 22.3 Å². The predicted molar refractivity (Wildman–Crippen MR) is 95.4 cm³/mol.